The number of halogens is 1. The number of nitrogens with two attached hydrogens (primary N) is 1. The number of anilines is 1. The number of imidazole rings is 1. The molecule has 5 nitrogen and oxygen atoms in total. The lowest BCUT2D eigenvalue weighted by Crippen LogP contribution is -2.08. The number of benzene rings is 1. The zero-order valence-electron chi connectivity index (χ0n) is 11.0. The van der Waals surface area contributed by atoms with E-state index in [4.69, 9.17) is 10.5 Å². The van der Waals surface area contributed by atoms with E-state index in [9.17, 15) is 9.18 Å². The number of fused-ring (bicyclic) bond motifs is 1. The molecule has 0 aliphatic heterocycles. The number of rotatable bonds is 3. The SMILES string of the molecule is Nc1ccc(C(=O)OCc2cn3ccccc3n2)c(F)c1. The maximum Gasteiger partial charge on any atom is 0.341 e. The molecular formula is C15H12FN3O2. The number of hydrogen-bond donors (Lipinski definition) is 1. The predicted octanol–water partition coefficient (Wildman–Crippen LogP) is 2.41. The fourth-order valence-electron chi connectivity index (χ4n) is 1.97. The van der Waals surface area contributed by atoms with Crippen molar-refractivity contribution in [3.05, 3.63) is 65.9 Å². The number of carbonyl (C=O) groups is 1. The highest BCUT2D eigenvalue weighted by Crippen LogP contribution is 2.14. The van der Waals surface area contributed by atoms with Gasteiger partial charge in [-0.25, -0.2) is 14.2 Å². The Kier molecular flexibility index (Phi) is 3.27. The standard InChI is InChI=1S/C15H12FN3O2/c16-13-7-10(17)4-5-12(13)15(20)21-9-11-8-19-6-2-1-3-14(19)18-11/h1-8H,9,17H2. The minimum Gasteiger partial charge on any atom is -0.455 e. The predicted molar refractivity (Wildman–Crippen MR) is 75.1 cm³/mol. The zero-order valence-corrected chi connectivity index (χ0v) is 11.0. The van der Waals surface area contributed by atoms with Crippen LogP contribution in [0.4, 0.5) is 10.1 Å². The van der Waals surface area contributed by atoms with Crippen LogP contribution in [0.2, 0.25) is 0 Å². The molecule has 0 radical (unpaired) electrons. The molecule has 3 rings (SSSR count). The molecule has 1 aromatic carbocycles. The first-order valence-corrected chi connectivity index (χ1v) is 6.28. The van der Waals surface area contributed by atoms with E-state index in [0.717, 1.165) is 11.7 Å². The number of aromatic nitrogens is 2. The molecule has 3 aromatic rings. The summed E-state index contributed by atoms with van der Waals surface area (Å²) in [6.07, 6.45) is 3.59. The van der Waals surface area contributed by atoms with Gasteiger partial charge in [-0.2, -0.15) is 0 Å². The average Bonchev–Trinajstić information content (AvgIpc) is 2.87. The molecule has 0 fully saturated rings. The van der Waals surface area contributed by atoms with Crippen LogP contribution >= 0.6 is 0 Å². The van der Waals surface area contributed by atoms with Crippen LogP contribution in [-0.4, -0.2) is 15.4 Å². The smallest absolute Gasteiger partial charge is 0.341 e. The van der Waals surface area contributed by atoms with Crippen LogP contribution in [0.25, 0.3) is 5.65 Å². The average molecular weight is 285 g/mol. The molecule has 0 atom stereocenters. The maximum absolute atomic E-state index is 13.6. The Bertz CT molecular complexity index is 781. The molecule has 6 heteroatoms. The van der Waals surface area contributed by atoms with Gasteiger partial charge < -0.3 is 14.9 Å². The third kappa shape index (κ3) is 2.69. The normalized spacial score (nSPS) is 10.7. The summed E-state index contributed by atoms with van der Waals surface area (Å²) in [5.41, 5.74) is 6.88. The lowest BCUT2D eigenvalue weighted by atomic mass is 10.2. The van der Waals surface area contributed by atoms with Gasteiger partial charge in [0.1, 0.15) is 18.1 Å². The van der Waals surface area contributed by atoms with Crippen LogP contribution in [0.5, 0.6) is 0 Å². The van der Waals surface area contributed by atoms with Crippen LogP contribution in [0.1, 0.15) is 16.1 Å². The van der Waals surface area contributed by atoms with Gasteiger partial charge in [-0.1, -0.05) is 6.07 Å². The molecule has 21 heavy (non-hydrogen) atoms. The summed E-state index contributed by atoms with van der Waals surface area (Å²) >= 11 is 0. The molecule has 0 saturated carbocycles. The van der Waals surface area contributed by atoms with Gasteiger partial charge in [0.25, 0.3) is 0 Å². The summed E-state index contributed by atoms with van der Waals surface area (Å²) in [4.78, 5) is 16.1. The number of hydrogen-bond acceptors (Lipinski definition) is 4. The van der Waals surface area contributed by atoms with E-state index in [1.54, 1.807) is 6.20 Å². The van der Waals surface area contributed by atoms with Gasteiger partial charge in [0, 0.05) is 18.1 Å². The second-order valence-electron chi connectivity index (χ2n) is 4.51. The number of nitrogens with zero attached hydrogens (tertiary/aromatic N) is 2. The van der Waals surface area contributed by atoms with Crippen molar-refractivity contribution < 1.29 is 13.9 Å². The summed E-state index contributed by atoms with van der Waals surface area (Å²) in [6.45, 7) is -0.0235. The topological polar surface area (TPSA) is 69.6 Å². The molecule has 106 valence electrons. The lowest BCUT2D eigenvalue weighted by molar-refractivity contribution is 0.0463. The van der Waals surface area contributed by atoms with E-state index in [1.165, 1.54) is 12.1 Å². The Morgan fingerprint density at radius 3 is 2.95 bits per heavy atom. The van der Waals surface area contributed by atoms with Gasteiger partial charge in [-0.05, 0) is 30.3 Å². The van der Waals surface area contributed by atoms with Crippen molar-refractivity contribution >= 4 is 17.3 Å². The van der Waals surface area contributed by atoms with Crippen molar-refractivity contribution in [3.8, 4) is 0 Å². The molecule has 0 bridgehead atoms. The monoisotopic (exact) mass is 285 g/mol. The van der Waals surface area contributed by atoms with Crippen molar-refractivity contribution in [2.75, 3.05) is 5.73 Å². The minimum absolute atomic E-state index is 0.0235. The number of nitrogen functional groups attached to an aromatic ring is 1. The van der Waals surface area contributed by atoms with Gasteiger partial charge in [-0.15, -0.1) is 0 Å². The van der Waals surface area contributed by atoms with Crippen molar-refractivity contribution in [1.29, 1.82) is 0 Å². The lowest BCUT2D eigenvalue weighted by Gasteiger charge is -2.04. The summed E-state index contributed by atoms with van der Waals surface area (Å²) in [5.74, 6) is -1.44. The molecule has 0 amide bonds. The van der Waals surface area contributed by atoms with Gasteiger partial charge in [0.15, 0.2) is 0 Å². The van der Waals surface area contributed by atoms with E-state index in [2.05, 4.69) is 4.98 Å². The van der Waals surface area contributed by atoms with Crippen molar-refractivity contribution in [1.82, 2.24) is 9.38 Å². The molecule has 0 spiro atoms. The molecule has 0 unspecified atom stereocenters. The molecule has 0 saturated heterocycles. The summed E-state index contributed by atoms with van der Waals surface area (Å²) < 4.78 is 20.5. The molecule has 2 N–H and O–H groups in total. The fraction of sp³-hybridized carbons (Fsp3) is 0.0667. The Morgan fingerprint density at radius 2 is 2.19 bits per heavy atom. The van der Waals surface area contributed by atoms with Crippen LogP contribution in [0.3, 0.4) is 0 Å². The van der Waals surface area contributed by atoms with Crippen molar-refractivity contribution in [2.45, 2.75) is 6.61 Å². The first-order chi connectivity index (χ1) is 10.1. The third-order valence-electron chi connectivity index (χ3n) is 2.98. The number of carbonyl (C=O) groups excluding carboxylic acids is 1. The summed E-state index contributed by atoms with van der Waals surface area (Å²) in [6, 6.07) is 9.41. The second kappa shape index (κ2) is 5.24. The molecule has 0 aliphatic carbocycles. The van der Waals surface area contributed by atoms with Gasteiger partial charge in [0.2, 0.25) is 0 Å². The maximum atomic E-state index is 13.6. The first kappa shape index (κ1) is 13.1. The van der Waals surface area contributed by atoms with E-state index >= 15 is 0 Å². The van der Waals surface area contributed by atoms with Crippen LogP contribution in [0, 0.1) is 5.82 Å². The van der Waals surface area contributed by atoms with Crippen LogP contribution < -0.4 is 5.73 Å². The number of ether oxygens (including phenoxy) is 1. The van der Waals surface area contributed by atoms with Crippen LogP contribution in [-0.2, 0) is 11.3 Å². The van der Waals surface area contributed by atoms with Crippen molar-refractivity contribution in [3.63, 3.8) is 0 Å². The van der Waals surface area contributed by atoms with E-state index in [1.807, 2.05) is 28.8 Å². The largest absolute Gasteiger partial charge is 0.455 e. The third-order valence-corrected chi connectivity index (χ3v) is 2.98. The van der Waals surface area contributed by atoms with Gasteiger partial charge in [0.05, 0.1) is 11.3 Å². The highest BCUT2D eigenvalue weighted by Gasteiger charge is 2.14. The molecule has 2 aromatic heterocycles. The number of esters is 1. The summed E-state index contributed by atoms with van der Waals surface area (Å²) in [5, 5.41) is 0. The van der Waals surface area contributed by atoms with E-state index in [0.29, 0.717) is 5.69 Å². The highest BCUT2D eigenvalue weighted by atomic mass is 19.1. The quantitative estimate of drug-likeness (QED) is 0.592. The summed E-state index contributed by atoms with van der Waals surface area (Å²) in [7, 11) is 0. The fourth-order valence-corrected chi connectivity index (χ4v) is 1.97. The van der Waals surface area contributed by atoms with Crippen molar-refractivity contribution in [2.24, 2.45) is 0 Å². The second-order valence-corrected chi connectivity index (χ2v) is 4.51. The minimum atomic E-state index is -0.746. The number of pyridine rings is 1. The highest BCUT2D eigenvalue weighted by molar-refractivity contribution is 5.90. The Labute approximate surface area is 119 Å². The van der Waals surface area contributed by atoms with Gasteiger partial charge >= 0.3 is 5.97 Å². The Balaban J connectivity index is 1.73. The first-order valence-electron chi connectivity index (χ1n) is 6.28. The molecule has 2 heterocycles. The Morgan fingerprint density at radius 1 is 1.33 bits per heavy atom. The van der Waals surface area contributed by atoms with Crippen LogP contribution in [0.15, 0.2) is 48.8 Å². The zero-order chi connectivity index (χ0) is 14.8. The molecular weight excluding hydrogens is 273 g/mol. The molecule has 0 aliphatic rings. The van der Waals surface area contributed by atoms with E-state index < -0.39 is 11.8 Å². The van der Waals surface area contributed by atoms with Gasteiger partial charge in [-0.3, -0.25) is 0 Å². The Hall–Kier alpha value is -2.89. The van der Waals surface area contributed by atoms with E-state index in [-0.39, 0.29) is 17.9 Å².